The second kappa shape index (κ2) is 7.56. The standard InChI is InChI=1S/C10H17NO2.CH4/c12-10(13)9-11-7-5-3-1-2-4-6-8-11;/h3,5H,1-2,4,6-9H2,(H,12,13);1H4/b5-3-;. The van der Waals surface area contributed by atoms with Gasteiger partial charge in [-0.3, -0.25) is 9.69 Å². The highest BCUT2D eigenvalue weighted by Crippen LogP contribution is 2.05. The fourth-order valence-electron chi connectivity index (χ4n) is 1.54. The van der Waals surface area contributed by atoms with Crippen LogP contribution in [0, 0.1) is 0 Å². The van der Waals surface area contributed by atoms with Crippen molar-refractivity contribution >= 4 is 5.97 Å². The summed E-state index contributed by atoms with van der Waals surface area (Å²) in [5.41, 5.74) is 0. The van der Waals surface area contributed by atoms with E-state index in [0.29, 0.717) is 0 Å². The first-order chi connectivity index (χ1) is 6.29. The van der Waals surface area contributed by atoms with Crippen LogP contribution in [0.3, 0.4) is 0 Å². The summed E-state index contributed by atoms with van der Waals surface area (Å²) < 4.78 is 0. The predicted octanol–water partition coefficient (Wildman–Crippen LogP) is 2.14. The monoisotopic (exact) mass is 199 g/mol. The molecule has 82 valence electrons. The molecule has 0 aliphatic carbocycles. The Bertz CT molecular complexity index is 190. The van der Waals surface area contributed by atoms with E-state index in [1.807, 2.05) is 4.90 Å². The largest absolute Gasteiger partial charge is 0.480 e. The number of rotatable bonds is 2. The van der Waals surface area contributed by atoms with Crippen molar-refractivity contribution in [3.8, 4) is 0 Å². The van der Waals surface area contributed by atoms with Gasteiger partial charge in [0.05, 0.1) is 6.54 Å². The molecule has 0 unspecified atom stereocenters. The van der Waals surface area contributed by atoms with Gasteiger partial charge >= 0.3 is 5.97 Å². The Labute approximate surface area is 86.4 Å². The minimum atomic E-state index is -0.729. The third kappa shape index (κ3) is 5.75. The maximum Gasteiger partial charge on any atom is 0.317 e. The van der Waals surface area contributed by atoms with Crippen LogP contribution in [-0.2, 0) is 4.79 Å². The third-order valence-corrected chi connectivity index (χ3v) is 2.23. The van der Waals surface area contributed by atoms with E-state index >= 15 is 0 Å². The maximum absolute atomic E-state index is 10.5. The topological polar surface area (TPSA) is 40.5 Å². The lowest BCUT2D eigenvalue weighted by atomic mass is 10.2. The van der Waals surface area contributed by atoms with Crippen LogP contribution in [0.2, 0.25) is 0 Å². The molecule has 0 aromatic rings. The van der Waals surface area contributed by atoms with Gasteiger partial charge in [-0.25, -0.2) is 0 Å². The number of carboxylic acids is 1. The summed E-state index contributed by atoms with van der Waals surface area (Å²) in [4.78, 5) is 12.5. The summed E-state index contributed by atoms with van der Waals surface area (Å²) >= 11 is 0. The highest BCUT2D eigenvalue weighted by atomic mass is 16.4. The summed E-state index contributed by atoms with van der Waals surface area (Å²) in [7, 11) is 0. The Morgan fingerprint density at radius 1 is 1.29 bits per heavy atom. The Balaban J connectivity index is 0.00000169. The molecule has 0 fully saturated rings. The molecular formula is C11H21NO2. The van der Waals surface area contributed by atoms with Gasteiger partial charge in [-0.15, -0.1) is 0 Å². The van der Waals surface area contributed by atoms with Gasteiger partial charge in [-0.05, 0) is 25.8 Å². The maximum atomic E-state index is 10.5. The molecule has 1 aliphatic rings. The van der Waals surface area contributed by atoms with E-state index in [9.17, 15) is 4.79 Å². The predicted molar refractivity (Wildman–Crippen MR) is 58.4 cm³/mol. The molecule has 1 heterocycles. The SMILES string of the molecule is C.O=C(O)CN1C/C=C\CCCCC1. The lowest BCUT2D eigenvalue weighted by Crippen LogP contribution is -2.30. The summed E-state index contributed by atoms with van der Waals surface area (Å²) in [6, 6.07) is 0. The minimum absolute atomic E-state index is 0. The third-order valence-electron chi connectivity index (χ3n) is 2.23. The highest BCUT2D eigenvalue weighted by molar-refractivity contribution is 5.69. The molecule has 0 amide bonds. The number of nitrogens with zero attached hydrogens (tertiary/aromatic N) is 1. The van der Waals surface area contributed by atoms with Crippen molar-refractivity contribution < 1.29 is 9.90 Å². The van der Waals surface area contributed by atoms with Gasteiger partial charge in [-0.1, -0.05) is 26.0 Å². The van der Waals surface area contributed by atoms with Crippen LogP contribution >= 0.6 is 0 Å². The van der Waals surface area contributed by atoms with Gasteiger partial charge < -0.3 is 5.11 Å². The highest BCUT2D eigenvalue weighted by Gasteiger charge is 2.07. The Kier molecular flexibility index (Phi) is 7.11. The van der Waals surface area contributed by atoms with Gasteiger partial charge in [0, 0.05) is 6.54 Å². The van der Waals surface area contributed by atoms with Gasteiger partial charge in [-0.2, -0.15) is 0 Å². The van der Waals surface area contributed by atoms with Crippen molar-refractivity contribution in [2.75, 3.05) is 19.6 Å². The van der Waals surface area contributed by atoms with Crippen LogP contribution < -0.4 is 0 Å². The summed E-state index contributed by atoms with van der Waals surface area (Å²) in [6.45, 7) is 1.87. The van der Waals surface area contributed by atoms with E-state index in [1.54, 1.807) is 0 Å². The number of hydrogen-bond acceptors (Lipinski definition) is 2. The molecule has 0 saturated heterocycles. The van der Waals surface area contributed by atoms with Crippen molar-refractivity contribution in [2.24, 2.45) is 0 Å². The number of carbonyl (C=O) groups is 1. The van der Waals surface area contributed by atoms with E-state index in [0.717, 1.165) is 25.9 Å². The van der Waals surface area contributed by atoms with Crippen LogP contribution in [0.5, 0.6) is 0 Å². The molecule has 3 nitrogen and oxygen atoms in total. The molecule has 0 bridgehead atoms. The second-order valence-electron chi connectivity index (χ2n) is 3.45. The molecule has 0 spiro atoms. The molecule has 1 rings (SSSR count). The zero-order valence-electron chi connectivity index (χ0n) is 7.91. The van der Waals surface area contributed by atoms with Crippen molar-refractivity contribution in [3.05, 3.63) is 12.2 Å². The summed E-state index contributed by atoms with van der Waals surface area (Å²) in [5, 5.41) is 8.63. The van der Waals surface area contributed by atoms with Crippen LogP contribution in [0.4, 0.5) is 0 Å². The van der Waals surface area contributed by atoms with Crippen molar-refractivity contribution in [2.45, 2.75) is 33.1 Å². The molecule has 3 heteroatoms. The van der Waals surface area contributed by atoms with Crippen molar-refractivity contribution in [3.63, 3.8) is 0 Å². The van der Waals surface area contributed by atoms with E-state index in [2.05, 4.69) is 12.2 Å². The van der Waals surface area contributed by atoms with Crippen LogP contribution in [0.15, 0.2) is 12.2 Å². The van der Waals surface area contributed by atoms with E-state index in [1.165, 1.54) is 12.8 Å². The van der Waals surface area contributed by atoms with Gasteiger partial charge in [0.1, 0.15) is 0 Å². The summed E-state index contributed by atoms with van der Waals surface area (Å²) in [6.07, 6.45) is 8.93. The molecule has 0 aromatic carbocycles. The molecule has 0 saturated carbocycles. The smallest absolute Gasteiger partial charge is 0.317 e. The zero-order chi connectivity index (χ0) is 9.52. The van der Waals surface area contributed by atoms with Gasteiger partial charge in [0.15, 0.2) is 0 Å². The first-order valence-electron chi connectivity index (χ1n) is 4.88. The number of hydrogen-bond donors (Lipinski definition) is 1. The molecule has 14 heavy (non-hydrogen) atoms. The zero-order valence-corrected chi connectivity index (χ0v) is 7.91. The fraction of sp³-hybridized carbons (Fsp3) is 0.727. The molecule has 1 aliphatic heterocycles. The minimum Gasteiger partial charge on any atom is -0.480 e. The second-order valence-corrected chi connectivity index (χ2v) is 3.45. The first-order valence-corrected chi connectivity index (χ1v) is 4.88. The molecule has 0 aromatic heterocycles. The Morgan fingerprint density at radius 2 is 2.07 bits per heavy atom. The fourth-order valence-corrected chi connectivity index (χ4v) is 1.54. The van der Waals surface area contributed by atoms with E-state index in [-0.39, 0.29) is 14.0 Å². The van der Waals surface area contributed by atoms with E-state index in [4.69, 9.17) is 5.11 Å². The number of carboxylic acid groups (broad SMARTS) is 1. The Morgan fingerprint density at radius 3 is 2.79 bits per heavy atom. The number of aliphatic carboxylic acids is 1. The summed E-state index contributed by atoms with van der Waals surface area (Å²) in [5.74, 6) is -0.729. The average molecular weight is 199 g/mol. The molecule has 0 atom stereocenters. The van der Waals surface area contributed by atoms with E-state index < -0.39 is 5.97 Å². The molecule has 1 N–H and O–H groups in total. The van der Waals surface area contributed by atoms with Crippen molar-refractivity contribution in [1.82, 2.24) is 4.90 Å². The lowest BCUT2D eigenvalue weighted by Gasteiger charge is -2.17. The lowest BCUT2D eigenvalue weighted by molar-refractivity contribution is -0.138. The first kappa shape index (κ1) is 13.2. The molecule has 0 radical (unpaired) electrons. The molecular weight excluding hydrogens is 178 g/mol. The van der Waals surface area contributed by atoms with Crippen LogP contribution in [0.25, 0.3) is 0 Å². The van der Waals surface area contributed by atoms with Gasteiger partial charge in [0.2, 0.25) is 0 Å². The quantitative estimate of drug-likeness (QED) is 0.693. The van der Waals surface area contributed by atoms with Crippen LogP contribution in [-0.4, -0.2) is 35.6 Å². The average Bonchev–Trinajstić information content (AvgIpc) is 2.17. The van der Waals surface area contributed by atoms with Gasteiger partial charge in [0.25, 0.3) is 0 Å². The van der Waals surface area contributed by atoms with Crippen LogP contribution in [0.1, 0.15) is 33.1 Å². The number of allylic oxidation sites excluding steroid dienone is 1. The normalized spacial score (nSPS) is 21.1. The van der Waals surface area contributed by atoms with Crippen molar-refractivity contribution in [1.29, 1.82) is 0 Å². The Hall–Kier alpha value is -0.830.